The van der Waals surface area contributed by atoms with E-state index in [1.807, 2.05) is 0 Å². The molecule has 12 heteroatoms. The zero-order chi connectivity index (χ0) is 20.8. The highest BCUT2D eigenvalue weighted by Gasteiger charge is 2.23. The molecule has 0 heterocycles. The van der Waals surface area contributed by atoms with Gasteiger partial charge in [-0.2, -0.15) is 0 Å². The fraction of sp³-hybridized carbons (Fsp3) is 0.667. The number of nitrogens with two attached hydrogens (primary N) is 2. The molecule has 2 atom stereocenters. The SMILES string of the molecule is C[C@H](NC(=O)[C@H](CCCCN)NC(=O)CNC(=O)CNC(=O)CN)C(=O)O. The Bertz CT molecular complexity index is 541. The molecule has 0 aliphatic heterocycles. The number of carbonyl (C=O) groups is 5. The van der Waals surface area contributed by atoms with E-state index in [-0.39, 0.29) is 19.5 Å². The summed E-state index contributed by atoms with van der Waals surface area (Å²) in [5.74, 6) is -3.60. The van der Waals surface area contributed by atoms with Crippen LogP contribution in [0.4, 0.5) is 0 Å². The Kier molecular flexibility index (Phi) is 12.1. The number of hydrogen-bond donors (Lipinski definition) is 7. The summed E-state index contributed by atoms with van der Waals surface area (Å²) in [7, 11) is 0. The van der Waals surface area contributed by atoms with Gasteiger partial charge >= 0.3 is 5.97 Å². The Balaban J connectivity index is 4.55. The van der Waals surface area contributed by atoms with Crippen LogP contribution in [0.2, 0.25) is 0 Å². The molecule has 154 valence electrons. The first-order valence-corrected chi connectivity index (χ1v) is 8.47. The van der Waals surface area contributed by atoms with Crippen molar-refractivity contribution in [2.24, 2.45) is 11.5 Å². The van der Waals surface area contributed by atoms with Crippen molar-refractivity contribution in [3.05, 3.63) is 0 Å². The van der Waals surface area contributed by atoms with Gasteiger partial charge in [0.2, 0.25) is 23.6 Å². The van der Waals surface area contributed by atoms with E-state index in [1.165, 1.54) is 6.92 Å². The molecule has 0 bridgehead atoms. The molecular weight excluding hydrogens is 360 g/mol. The van der Waals surface area contributed by atoms with E-state index < -0.39 is 48.2 Å². The quantitative estimate of drug-likeness (QED) is 0.156. The van der Waals surface area contributed by atoms with Crippen molar-refractivity contribution in [3.63, 3.8) is 0 Å². The van der Waals surface area contributed by atoms with Crippen LogP contribution >= 0.6 is 0 Å². The molecule has 0 fully saturated rings. The van der Waals surface area contributed by atoms with Crippen molar-refractivity contribution >= 4 is 29.6 Å². The van der Waals surface area contributed by atoms with Gasteiger partial charge in [-0.3, -0.25) is 24.0 Å². The molecule has 0 aliphatic carbocycles. The monoisotopic (exact) mass is 388 g/mol. The average molecular weight is 388 g/mol. The first kappa shape index (κ1) is 24.3. The molecule has 27 heavy (non-hydrogen) atoms. The molecular formula is C15H28N6O6. The first-order valence-electron chi connectivity index (χ1n) is 8.47. The van der Waals surface area contributed by atoms with Gasteiger partial charge in [-0.15, -0.1) is 0 Å². The molecule has 0 aromatic rings. The minimum Gasteiger partial charge on any atom is -0.480 e. The molecule has 0 spiro atoms. The Morgan fingerprint density at radius 3 is 2.04 bits per heavy atom. The van der Waals surface area contributed by atoms with Crippen LogP contribution in [0.15, 0.2) is 0 Å². The van der Waals surface area contributed by atoms with Gasteiger partial charge in [-0.05, 0) is 32.7 Å². The highest BCUT2D eigenvalue weighted by Crippen LogP contribution is 2.01. The smallest absolute Gasteiger partial charge is 0.325 e. The summed E-state index contributed by atoms with van der Waals surface area (Å²) in [4.78, 5) is 57.4. The number of rotatable bonds is 13. The van der Waals surface area contributed by atoms with Gasteiger partial charge in [0.25, 0.3) is 0 Å². The molecule has 9 N–H and O–H groups in total. The standard InChI is InChI=1S/C15H28N6O6/c1-9(15(26)27)20-14(25)10(4-2-3-5-16)21-13(24)8-19-12(23)7-18-11(22)6-17/h9-10H,2-8,16-17H2,1H3,(H,18,22)(H,19,23)(H,20,25)(H,21,24)(H,26,27)/t9-,10-/m0/s1. The number of carboxylic acids is 1. The van der Waals surface area contributed by atoms with Gasteiger partial charge in [0.1, 0.15) is 12.1 Å². The molecule has 0 radical (unpaired) electrons. The molecule has 0 aromatic carbocycles. The van der Waals surface area contributed by atoms with E-state index in [9.17, 15) is 24.0 Å². The van der Waals surface area contributed by atoms with Gasteiger partial charge in [-0.1, -0.05) is 0 Å². The molecule has 0 aromatic heterocycles. The molecule has 0 aliphatic rings. The highest BCUT2D eigenvalue weighted by atomic mass is 16.4. The van der Waals surface area contributed by atoms with E-state index in [0.717, 1.165) is 0 Å². The lowest BCUT2D eigenvalue weighted by molar-refractivity contribution is -0.141. The third-order valence-electron chi connectivity index (χ3n) is 3.41. The number of aliphatic carboxylic acids is 1. The Hall–Kier alpha value is -2.73. The van der Waals surface area contributed by atoms with Crippen molar-refractivity contribution in [3.8, 4) is 0 Å². The summed E-state index contributed by atoms with van der Waals surface area (Å²) >= 11 is 0. The minimum atomic E-state index is -1.21. The number of hydrogen-bond acceptors (Lipinski definition) is 7. The van der Waals surface area contributed by atoms with Crippen LogP contribution in [0, 0.1) is 0 Å². The van der Waals surface area contributed by atoms with Crippen molar-refractivity contribution in [1.29, 1.82) is 0 Å². The number of unbranched alkanes of at least 4 members (excludes halogenated alkanes) is 1. The third-order valence-corrected chi connectivity index (χ3v) is 3.41. The van der Waals surface area contributed by atoms with Crippen LogP contribution in [0.1, 0.15) is 26.2 Å². The van der Waals surface area contributed by atoms with Gasteiger partial charge < -0.3 is 37.8 Å². The van der Waals surface area contributed by atoms with E-state index >= 15 is 0 Å². The van der Waals surface area contributed by atoms with Crippen LogP contribution in [0.3, 0.4) is 0 Å². The van der Waals surface area contributed by atoms with Crippen molar-refractivity contribution in [2.45, 2.75) is 38.3 Å². The van der Waals surface area contributed by atoms with Crippen LogP contribution in [0.25, 0.3) is 0 Å². The summed E-state index contributed by atoms with van der Waals surface area (Å²) < 4.78 is 0. The molecule has 0 rings (SSSR count). The number of carbonyl (C=O) groups excluding carboxylic acids is 4. The summed E-state index contributed by atoms with van der Waals surface area (Å²) in [5.41, 5.74) is 10.5. The molecule has 0 unspecified atom stereocenters. The van der Waals surface area contributed by atoms with Gasteiger partial charge in [-0.25, -0.2) is 0 Å². The maximum absolute atomic E-state index is 12.2. The molecule has 0 saturated heterocycles. The van der Waals surface area contributed by atoms with Gasteiger partial charge in [0, 0.05) is 0 Å². The van der Waals surface area contributed by atoms with E-state index in [4.69, 9.17) is 16.6 Å². The van der Waals surface area contributed by atoms with Crippen molar-refractivity contribution in [1.82, 2.24) is 21.3 Å². The predicted octanol–water partition coefficient (Wildman–Crippen LogP) is -3.62. The van der Waals surface area contributed by atoms with E-state index in [1.54, 1.807) is 0 Å². The Morgan fingerprint density at radius 2 is 1.48 bits per heavy atom. The van der Waals surface area contributed by atoms with Crippen LogP contribution in [-0.4, -0.2) is 73.0 Å². The maximum atomic E-state index is 12.2. The lowest BCUT2D eigenvalue weighted by atomic mass is 10.1. The zero-order valence-corrected chi connectivity index (χ0v) is 15.2. The van der Waals surface area contributed by atoms with Crippen LogP contribution < -0.4 is 32.7 Å². The topological polar surface area (TPSA) is 206 Å². The van der Waals surface area contributed by atoms with Crippen molar-refractivity contribution < 1.29 is 29.1 Å². The summed E-state index contributed by atoms with van der Waals surface area (Å²) in [5, 5.41) is 18.1. The second kappa shape index (κ2) is 13.5. The largest absolute Gasteiger partial charge is 0.480 e. The molecule has 12 nitrogen and oxygen atoms in total. The first-order chi connectivity index (χ1) is 12.7. The zero-order valence-electron chi connectivity index (χ0n) is 15.2. The Labute approximate surface area is 156 Å². The second-order valence-corrected chi connectivity index (χ2v) is 5.73. The van der Waals surface area contributed by atoms with Crippen LogP contribution in [0.5, 0.6) is 0 Å². The Morgan fingerprint density at radius 1 is 0.889 bits per heavy atom. The van der Waals surface area contributed by atoms with E-state index in [0.29, 0.717) is 19.4 Å². The van der Waals surface area contributed by atoms with Crippen molar-refractivity contribution in [2.75, 3.05) is 26.2 Å². The summed E-state index contributed by atoms with van der Waals surface area (Å²) in [6.45, 7) is 0.710. The molecule has 4 amide bonds. The fourth-order valence-electron chi connectivity index (χ4n) is 1.88. The normalized spacial score (nSPS) is 12.4. The van der Waals surface area contributed by atoms with Gasteiger partial charge in [0.15, 0.2) is 0 Å². The van der Waals surface area contributed by atoms with Crippen LogP contribution in [-0.2, 0) is 24.0 Å². The lowest BCUT2D eigenvalue weighted by Gasteiger charge is -2.20. The fourth-order valence-corrected chi connectivity index (χ4v) is 1.88. The minimum absolute atomic E-state index is 0.262. The second-order valence-electron chi connectivity index (χ2n) is 5.73. The third kappa shape index (κ3) is 11.5. The highest BCUT2D eigenvalue weighted by molar-refractivity contribution is 5.92. The predicted molar refractivity (Wildman–Crippen MR) is 95.2 cm³/mol. The maximum Gasteiger partial charge on any atom is 0.325 e. The number of nitrogens with one attached hydrogen (secondary N) is 4. The summed E-state index contributed by atoms with van der Waals surface area (Å²) in [6.07, 6.45) is 1.45. The summed E-state index contributed by atoms with van der Waals surface area (Å²) in [6, 6.07) is -2.07. The molecule has 0 saturated carbocycles. The number of amides is 4. The number of carboxylic acid groups (broad SMARTS) is 1. The lowest BCUT2D eigenvalue weighted by Crippen LogP contribution is -2.52. The van der Waals surface area contributed by atoms with E-state index in [2.05, 4.69) is 21.3 Å². The average Bonchev–Trinajstić information content (AvgIpc) is 2.63. The van der Waals surface area contributed by atoms with Gasteiger partial charge in [0.05, 0.1) is 19.6 Å².